The molecular formula is C11H18N2O. The summed E-state index contributed by atoms with van der Waals surface area (Å²) in [5.74, 6) is 1.20. The van der Waals surface area contributed by atoms with Crippen LogP contribution in [0, 0.1) is 5.92 Å². The molecule has 14 heavy (non-hydrogen) atoms. The third-order valence-electron chi connectivity index (χ3n) is 3.84. The summed E-state index contributed by atoms with van der Waals surface area (Å²) in [4.78, 5) is 14.1. The molecule has 3 heteroatoms. The fourth-order valence-corrected chi connectivity index (χ4v) is 2.85. The number of hydrogen-bond donors (Lipinski definition) is 1. The average Bonchev–Trinajstić information content (AvgIpc) is 2.86. The molecule has 0 unspecified atom stereocenters. The molecule has 3 rings (SSSR count). The molecule has 0 bridgehead atoms. The molecule has 0 radical (unpaired) electrons. The van der Waals surface area contributed by atoms with Crippen LogP contribution in [0.5, 0.6) is 0 Å². The quantitative estimate of drug-likeness (QED) is 0.668. The van der Waals surface area contributed by atoms with Crippen molar-refractivity contribution in [3.8, 4) is 0 Å². The Morgan fingerprint density at radius 3 is 2.57 bits per heavy atom. The molecule has 3 aliphatic rings. The van der Waals surface area contributed by atoms with Crippen molar-refractivity contribution < 1.29 is 4.79 Å². The second-order valence-electron chi connectivity index (χ2n) is 4.94. The first-order valence-electron chi connectivity index (χ1n) is 5.89. The van der Waals surface area contributed by atoms with Crippen molar-refractivity contribution in [1.82, 2.24) is 10.2 Å². The summed E-state index contributed by atoms with van der Waals surface area (Å²) in [5, 5.41) is 3.43. The lowest BCUT2D eigenvalue weighted by Crippen LogP contribution is -2.46. The Hall–Kier alpha value is -0.570. The molecule has 3 nitrogen and oxygen atoms in total. The van der Waals surface area contributed by atoms with Crippen molar-refractivity contribution >= 4 is 5.91 Å². The van der Waals surface area contributed by atoms with Gasteiger partial charge in [0.2, 0.25) is 5.91 Å². The van der Waals surface area contributed by atoms with E-state index in [2.05, 4.69) is 10.2 Å². The summed E-state index contributed by atoms with van der Waals surface area (Å²) in [6.07, 6.45) is 6.10. The van der Waals surface area contributed by atoms with Crippen LogP contribution in [0.4, 0.5) is 0 Å². The highest BCUT2D eigenvalue weighted by Crippen LogP contribution is 2.41. The molecule has 2 heterocycles. The second-order valence-corrected chi connectivity index (χ2v) is 4.94. The number of piperidine rings is 2. The molecule has 1 aliphatic carbocycles. The molecule has 3 fully saturated rings. The summed E-state index contributed by atoms with van der Waals surface area (Å²) in [6.45, 7) is 1.98. The predicted octanol–water partition coefficient (Wildman–Crippen LogP) is 0.749. The van der Waals surface area contributed by atoms with Gasteiger partial charge in [-0.05, 0) is 38.0 Å². The molecule has 2 aliphatic heterocycles. The SMILES string of the molecule is O=C([C@@H]1C[C@@H]2C[C@@H]2N1)N1CCCCC1. The normalized spacial score (nSPS) is 40.9. The van der Waals surface area contributed by atoms with Gasteiger partial charge in [-0.2, -0.15) is 0 Å². The van der Waals surface area contributed by atoms with E-state index in [9.17, 15) is 4.79 Å². The Labute approximate surface area is 84.8 Å². The highest BCUT2D eigenvalue weighted by Gasteiger charge is 2.48. The predicted molar refractivity (Wildman–Crippen MR) is 53.9 cm³/mol. The molecular weight excluding hydrogens is 176 g/mol. The maximum absolute atomic E-state index is 12.0. The second kappa shape index (κ2) is 3.23. The number of carbonyl (C=O) groups excluding carboxylic acids is 1. The van der Waals surface area contributed by atoms with Gasteiger partial charge in [0.1, 0.15) is 0 Å². The number of nitrogens with one attached hydrogen (secondary N) is 1. The zero-order valence-corrected chi connectivity index (χ0v) is 8.54. The molecule has 0 aromatic heterocycles. The fourth-order valence-electron chi connectivity index (χ4n) is 2.85. The van der Waals surface area contributed by atoms with Crippen LogP contribution in [0.3, 0.4) is 0 Å². The van der Waals surface area contributed by atoms with Crippen molar-refractivity contribution in [2.75, 3.05) is 13.1 Å². The van der Waals surface area contributed by atoms with Gasteiger partial charge < -0.3 is 10.2 Å². The van der Waals surface area contributed by atoms with E-state index in [0.29, 0.717) is 11.9 Å². The van der Waals surface area contributed by atoms with Gasteiger partial charge in [-0.25, -0.2) is 0 Å². The molecule has 0 spiro atoms. The molecule has 78 valence electrons. The first kappa shape index (κ1) is 8.72. The van der Waals surface area contributed by atoms with Crippen LogP contribution in [0.15, 0.2) is 0 Å². The Kier molecular flexibility index (Phi) is 2.01. The van der Waals surface area contributed by atoms with Crippen LogP contribution in [0.2, 0.25) is 0 Å². The van der Waals surface area contributed by atoms with E-state index in [1.807, 2.05) is 0 Å². The van der Waals surface area contributed by atoms with Gasteiger partial charge in [0.15, 0.2) is 0 Å². The minimum absolute atomic E-state index is 0.164. The van der Waals surface area contributed by atoms with E-state index in [-0.39, 0.29) is 6.04 Å². The van der Waals surface area contributed by atoms with Gasteiger partial charge >= 0.3 is 0 Å². The van der Waals surface area contributed by atoms with E-state index in [4.69, 9.17) is 0 Å². The summed E-state index contributed by atoms with van der Waals surface area (Å²) in [5.41, 5.74) is 0. The Morgan fingerprint density at radius 2 is 1.93 bits per heavy atom. The lowest BCUT2D eigenvalue weighted by atomic mass is 10.1. The van der Waals surface area contributed by atoms with Gasteiger partial charge in [0, 0.05) is 19.1 Å². The van der Waals surface area contributed by atoms with Gasteiger partial charge in [-0.1, -0.05) is 0 Å². The smallest absolute Gasteiger partial charge is 0.239 e. The Bertz CT molecular complexity index is 234. The van der Waals surface area contributed by atoms with Crippen LogP contribution in [-0.4, -0.2) is 36.0 Å². The lowest BCUT2D eigenvalue weighted by molar-refractivity contribution is -0.134. The number of hydrogen-bond acceptors (Lipinski definition) is 2. The molecule has 1 N–H and O–H groups in total. The van der Waals surface area contributed by atoms with Crippen LogP contribution in [0.25, 0.3) is 0 Å². The first-order valence-corrected chi connectivity index (χ1v) is 5.89. The number of amides is 1. The maximum atomic E-state index is 12.0. The van der Waals surface area contributed by atoms with E-state index >= 15 is 0 Å². The summed E-state index contributed by atoms with van der Waals surface area (Å²) >= 11 is 0. The van der Waals surface area contributed by atoms with Crippen molar-refractivity contribution in [3.63, 3.8) is 0 Å². The highest BCUT2D eigenvalue weighted by molar-refractivity contribution is 5.82. The van der Waals surface area contributed by atoms with E-state index in [1.54, 1.807) is 0 Å². The highest BCUT2D eigenvalue weighted by atomic mass is 16.2. The molecule has 3 atom stereocenters. The largest absolute Gasteiger partial charge is 0.341 e. The number of likely N-dealkylation sites (tertiary alicyclic amines) is 1. The molecule has 1 amide bonds. The van der Waals surface area contributed by atoms with Gasteiger partial charge in [0.05, 0.1) is 6.04 Å². The number of carbonyl (C=O) groups is 1. The van der Waals surface area contributed by atoms with Crippen LogP contribution < -0.4 is 5.32 Å². The first-order chi connectivity index (χ1) is 6.84. The minimum Gasteiger partial charge on any atom is -0.341 e. The van der Waals surface area contributed by atoms with Crippen molar-refractivity contribution in [2.24, 2.45) is 5.92 Å². The monoisotopic (exact) mass is 194 g/mol. The van der Waals surface area contributed by atoms with Gasteiger partial charge in [-0.15, -0.1) is 0 Å². The molecule has 0 aromatic carbocycles. The van der Waals surface area contributed by atoms with Crippen LogP contribution in [-0.2, 0) is 4.79 Å². The van der Waals surface area contributed by atoms with E-state index in [0.717, 1.165) is 25.4 Å². The number of rotatable bonds is 1. The van der Waals surface area contributed by atoms with Crippen LogP contribution >= 0.6 is 0 Å². The fraction of sp³-hybridized carbons (Fsp3) is 0.909. The summed E-state index contributed by atoms with van der Waals surface area (Å²) in [7, 11) is 0. The average molecular weight is 194 g/mol. The standard InChI is InChI=1S/C11H18N2O/c14-11(13-4-2-1-3-5-13)10-7-8-6-9(8)12-10/h8-10,12H,1-7H2/t8-,9-,10-/m0/s1. The Morgan fingerprint density at radius 1 is 1.14 bits per heavy atom. The van der Waals surface area contributed by atoms with E-state index < -0.39 is 0 Å². The Balaban J connectivity index is 1.58. The topological polar surface area (TPSA) is 32.3 Å². The molecule has 2 saturated heterocycles. The minimum atomic E-state index is 0.164. The van der Waals surface area contributed by atoms with E-state index in [1.165, 1.54) is 25.7 Å². The maximum Gasteiger partial charge on any atom is 0.239 e. The van der Waals surface area contributed by atoms with Gasteiger partial charge in [-0.3, -0.25) is 4.79 Å². The summed E-state index contributed by atoms with van der Waals surface area (Å²) in [6, 6.07) is 0.852. The van der Waals surface area contributed by atoms with Crippen molar-refractivity contribution in [3.05, 3.63) is 0 Å². The summed E-state index contributed by atoms with van der Waals surface area (Å²) < 4.78 is 0. The zero-order chi connectivity index (χ0) is 9.54. The lowest BCUT2D eigenvalue weighted by Gasteiger charge is -2.29. The van der Waals surface area contributed by atoms with Crippen LogP contribution in [0.1, 0.15) is 32.1 Å². The number of fused-ring (bicyclic) bond motifs is 1. The third-order valence-corrected chi connectivity index (χ3v) is 3.84. The molecule has 1 saturated carbocycles. The third kappa shape index (κ3) is 1.44. The number of nitrogens with zero attached hydrogens (tertiary/aromatic N) is 1. The van der Waals surface area contributed by atoms with Crippen molar-refractivity contribution in [2.45, 2.75) is 44.2 Å². The van der Waals surface area contributed by atoms with Crippen molar-refractivity contribution in [1.29, 1.82) is 0 Å². The molecule has 0 aromatic rings. The van der Waals surface area contributed by atoms with Gasteiger partial charge in [0.25, 0.3) is 0 Å². The zero-order valence-electron chi connectivity index (χ0n) is 8.54.